The molecule has 2 rings (SSSR count). The Balaban J connectivity index is 1.90. The maximum atomic E-state index is 12.0. The smallest absolute Gasteiger partial charge is 0.238 e. The molecule has 1 aliphatic heterocycles. The summed E-state index contributed by atoms with van der Waals surface area (Å²) in [5.74, 6) is 0.641. The largest absolute Gasteiger partial charge is 0.399 e. The van der Waals surface area contributed by atoms with Crippen LogP contribution in [-0.2, 0) is 4.79 Å². The normalized spacial score (nSPS) is 20.2. The van der Waals surface area contributed by atoms with Gasteiger partial charge in [0.1, 0.15) is 0 Å². The van der Waals surface area contributed by atoms with E-state index in [-0.39, 0.29) is 5.91 Å². The average Bonchev–Trinajstić information content (AvgIpc) is 2.33. The standard InChI is InChI=1S/C14H20ClN3O/c1-10-3-2-6-18(8-10)9-14(19)17-13-5-4-11(16)7-12(13)15/h4-5,7,10H,2-3,6,8-9,16H2,1H3,(H,17,19)/t10-/m0/s1. The summed E-state index contributed by atoms with van der Waals surface area (Å²) < 4.78 is 0. The number of amides is 1. The maximum absolute atomic E-state index is 12.0. The lowest BCUT2D eigenvalue weighted by Gasteiger charge is -2.30. The molecule has 0 saturated carbocycles. The molecule has 1 aromatic carbocycles. The number of nitrogen functional groups attached to an aromatic ring is 1. The van der Waals surface area contributed by atoms with Gasteiger partial charge in [-0.25, -0.2) is 0 Å². The molecule has 0 aromatic heterocycles. The first kappa shape index (κ1) is 14.2. The number of nitrogens with one attached hydrogen (secondary N) is 1. The van der Waals surface area contributed by atoms with Crippen molar-refractivity contribution in [3.63, 3.8) is 0 Å². The van der Waals surface area contributed by atoms with Gasteiger partial charge >= 0.3 is 0 Å². The highest BCUT2D eigenvalue weighted by molar-refractivity contribution is 6.34. The highest BCUT2D eigenvalue weighted by atomic mass is 35.5. The minimum absolute atomic E-state index is 0.0271. The average molecular weight is 282 g/mol. The molecule has 5 heteroatoms. The highest BCUT2D eigenvalue weighted by Crippen LogP contribution is 2.24. The Morgan fingerprint density at radius 1 is 1.58 bits per heavy atom. The highest BCUT2D eigenvalue weighted by Gasteiger charge is 2.18. The van der Waals surface area contributed by atoms with E-state index in [2.05, 4.69) is 17.1 Å². The third kappa shape index (κ3) is 4.11. The Labute approximate surface area is 118 Å². The van der Waals surface area contributed by atoms with Gasteiger partial charge in [0.2, 0.25) is 5.91 Å². The van der Waals surface area contributed by atoms with Crippen LogP contribution < -0.4 is 11.1 Å². The van der Waals surface area contributed by atoms with E-state index in [1.54, 1.807) is 18.2 Å². The lowest BCUT2D eigenvalue weighted by molar-refractivity contribution is -0.117. The van der Waals surface area contributed by atoms with Crippen LogP contribution in [0.15, 0.2) is 18.2 Å². The summed E-state index contributed by atoms with van der Waals surface area (Å²) in [6.45, 7) is 4.63. The van der Waals surface area contributed by atoms with Crippen LogP contribution in [0.25, 0.3) is 0 Å². The maximum Gasteiger partial charge on any atom is 0.238 e. The van der Waals surface area contributed by atoms with Gasteiger partial charge in [-0.15, -0.1) is 0 Å². The molecule has 1 amide bonds. The molecule has 0 radical (unpaired) electrons. The van der Waals surface area contributed by atoms with Crippen molar-refractivity contribution in [2.24, 2.45) is 5.92 Å². The number of rotatable bonds is 3. The molecule has 4 nitrogen and oxygen atoms in total. The van der Waals surface area contributed by atoms with Crippen LogP contribution in [0.4, 0.5) is 11.4 Å². The predicted molar refractivity (Wildman–Crippen MR) is 79.3 cm³/mol. The van der Waals surface area contributed by atoms with Crippen LogP contribution in [0.5, 0.6) is 0 Å². The number of halogens is 1. The first-order valence-corrected chi connectivity index (χ1v) is 6.99. The first-order chi connectivity index (χ1) is 9.04. The molecule has 0 bridgehead atoms. The first-order valence-electron chi connectivity index (χ1n) is 6.62. The number of nitrogens with two attached hydrogens (primary N) is 1. The Hall–Kier alpha value is -1.26. The van der Waals surface area contributed by atoms with E-state index < -0.39 is 0 Å². The lowest BCUT2D eigenvalue weighted by Crippen LogP contribution is -2.39. The second kappa shape index (κ2) is 6.26. The molecule has 1 aliphatic rings. The van der Waals surface area contributed by atoms with Crippen molar-refractivity contribution in [3.8, 4) is 0 Å². The molecule has 19 heavy (non-hydrogen) atoms. The van der Waals surface area contributed by atoms with Gasteiger partial charge in [0.25, 0.3) is 0 Å². The Morgan fingerprint density at radius 3 is 3.05 bits per heavy atom. The van der Waals surface area contributed by atoms with Crippen molar-refractivity contribution in [2.75, 3.05) is 30.7 Å². The summed E-state index contributed by atoms with van der Waals surface area (Å²) in [5.41, 5.74) is 6.82. The van der Waals surface area contributed by atoms with Gasteiger partial charge < -0.3 is 11.1 Å². The minimum atomic E-state index is -0.0271. The van der Waals surface area contributed by atoms with Crippen molar-refractivity contribution < 1.29 is 4.79 Å². The van der Waals surface area contributed by atoms with E-state index in [1.165, 1.54) is 6.42 Å². The fourth-order valence-corrected chi connectivity index (χ4v) is 2.69. The van der Waals surface area contributed by atoms with Crippen LogP contribution in [-0.4, -0.2) is 30.4 Å². The number of anilines is 2. The van der Waals surface area contributed by atoms with E-state index in [0.29, 0.717) is 28.9 Å². The van der Waals surface area contributed by atoms with Crippen molar-refractivity contribution in [2.45, 2.75) is 19.8 Å². The van der Waals surface area contributed by atoms with E-state index in [4.69, 9.17) is 17.3 Å². The number of hydrogen-bond acceptors (Lipinski definition) is 3. The summed E-state index contributed by atoms with van der Waals surface area (Å²) in [5, 5.41) is 3.30. The monoisotopic (exact) mass is 281 g/mol. The molecule has 0 spiro atoms. The molecule has 0 unspecified atom stereocenters. The fourth-order valence-electron chi connectivity index (χ4n) is 2.46. The van der Waals surface area contributed by atoms with Gasteiger partial charge in [-0.05, 0) is 43.5 Å². The van der Waals surface area contributed by atoms with Gasteiger partial charge in [0.15, 0.2) is 0 Å². The van der Waals surface area contributed by atoms with Gasteiger partial charge in [0.05, 0.1) is 17.3 Å². The molecule has 1 atom stereocenters. The van der Waals surface area contributed by atoms with E-state index >= 15 is 0 Å². The number of piperidine rings is 1. The molecule has 1 fully saturated rings. The topological polar surface area (TPSA) is 58.4 Å². The number of likely N-dealkylation sites (tertiary alicyclic amines) is 1. The Kier molecular flexibility index (Phi) is 4.66. The molecule has 104 valence electrons. The quantitative estimate of drug-likeness (QED) is 0.837. The fraction of sp³-hybridized carbons (Fsp3) is 0.500. The summed E-state index contributed by atoms with van der Waals surface area (Å²) >= 11 is 6.03. The molecule has 0 aliphatic carbocycles. The zero-order chi connectivity index (χ0) is 13.8. The van der Waals surface area contributed by atoms with Crippen molar-refractivity contribution in [1.29, 1.82) is 0 Å². The SMILES string of the molecule is C[C@H]1CCCN(CC(=O)Nc2ccc(N)cc2Cl)C1. The van der Waals surface area contributed by atoms with E-state index in [1.807, 2.05) is 0 Å². The van der Waals surface area contributed by atoms with Crippen molar-refractivity contribution in [3.05, 3.63) is 23.2 Å². The number of nitrogens with zero attached hydrogens (tertiary/aromatic N) is 1. The van der Waals surface area contributed by atoms with Crippen molar-refractivity contribution in [1.82, 2.24) is 4.90 Å². The van der Waals surface area contributed by atoms with Crippen LogP contribution >= 0.6 is 11.6 Å². The molecule has 3 N–H and O–H groups in total. The molecule has 1 heterocycles. The number of carbonyl (C=O) groups is 1. The molecule has 1 saturated heterocycles. The lowest BCUT2D eigenvalue weighted by atomic mass is 10.0. The van der Waals surface area contributed by atoms with Crippen LogP contribution in [0.1, 0.15) is 19.8 Å². The zero-order valence-electron chi connectivity index (χ0n) is 11.2. The van der Waals surface area contributed by atoms with Crippen LogP contribution in [0, 0.1) is 5.92 Å². The summed E-state index contributed by atoms with van der Waals surface area (Å²) in [6, 6.07) is 5.10. The van der Waals surface area contributed by atoms with Crippen molar-refractivity contribution >= 4 is 28.9 Å². The van der Waals surface area contributed by atoms with Gasteiger partial charge in [-0.1, -0.05) is 18.5 Å². The molecular formula is C14H20ClN3O. The van der Waals surface area contributed by atoms with E-state index in [0.717, 1.165) is 19.5 Å². The summed E-state index contributed by atoms with van der Waals surface area (Å²) in [7, 11) is 0. The van der Waals surface area contributed by atoms with Gasteiger partial charge in [-0.2, -0.15) is 0 Å². The number of benzene rings is 1. The van der Waals surface area contributed by atoms with Gasteiger partial charge in [-0.3, -0.25) is 9.69 Å². The number of hydrogen-bond donors (Lipinski definition) is 2. The Morgan fingerprint density at radius 2 is 2.37 bits per heavy atom. The minimum Gasteiger partial charge on any atom is -0.399 e. The Bertz CT molecular complexity index is 464. The predicted octanol–water partition coefficient (Wildman–Crippen LogP) is 2.59. The summed E-state index contributed by atoms with van der Waals surface area (Å²) in [6.07, 6.45) is 2.42. The zero-order valence-corrected chi connectivity index (χ0v) is 11.9. The van der Waals surface area contributed by atoms with E-state index in [9.17, 15) is 4.79 Å². The third-order valence-corrected chi connectivity index (χ3v) is 3.69. The third-order valence-electron chi connectivity index (χ3n) is 3.38. The second-order valence-electron chi connectivity index (χ2n) is 5.27. The van der Waals surface area contributed by atoms with Gasteiger partial charge in [0, 0.05) is 12.2 Å². The molecular weight excluding hydrogens is 262 g/mol. The second-order valence-corrected chi connectivity index (χ2v) is 5.68. The van der Waals surface area contributed by atoms with Crippen LogP contribution in [0.3, 0.4) is 0 Å². The van der Waals surface area contributed by atoms with Crippen LogP contribution in [0.2, 0.25) is 5.02 Å². The number of carbonyl (C=O) groups excluding carboxylic acids is 1. The molecule has 1 aromatic rings. The summed E-state index contributed by atoms with van der Waals surface area (Å²) in [4.78, 5) is 14.2.